The molecule has 0 radical (unpaired) electrons. The van der Waals surface area contributed by atoms with Gasteiger partial charge in [0.05, 0.1) is 16.5 Å². The molecule has 1 aliphatic heterocycles. The van der Waals surface area contributed by atoms with E-state index in [0.29, 0.717) is 31.6 Å². The average molecular weight is 524 g/mol. The van der Waals surface area contributed by atoms with Crippen molar-refractivity contribution in [1.29, 1.82) is 0 Å². The fraction of sp³-hybridized carbons (Fsp3) is 0.269. The van der Waals surface area contributed by atoms with Crippen molar-refractivity contribution in [2.75, 3.05) is 18.1 Å². The van der Waals surface area contributed by atoms with Gasteiger partial charge < -0.3 is 15.7 Å². The molecule has 1 saturated heterocycles. The minimum atomic E-state index is -4.14. The van der Waals surface area contributed by atoms with Crippen LogP contribution in [0, 0.1) is 5.92 Å². The number of rotatable bonds is 7. The Morgan fingerprint density at radius 2 is 1.65 bits per heavy atom. The molecule has 10 nitrogen and oxygen atoms in total. The number of nitrogens with two attached hydrogens (primary N) is 1. The molecule has 194 valence electrons. The number of carbonyl (C=O) groups is 2. The number of guanidine groups is 1. The van der Waals surface area contributed by atoms with Crippen LogP contribution < -0.4 is 16.2 Å². The Hall–Kier alpha value is -4.12. The summed E-state index contributed by atoms with van der Waals surface area (Å²) in [6.07, 6.45) is 0.750. The van der Waals surface area contributed by atoms with E-state index in [2.05, 4.69) is 9.82 Å². The van der Waals surface area contributed by atoms with E-state index in [4.69, 9.17) is 5.73 Å². The van der Waals surface area contributed by atoms with Crippen molar-refractivity contribution in [2.45, 2.75) is 30.7 Å². The number of aliphatic carboxylic acids is 1. The third kappa shape index (κ3) is 6.00. The number of carboxylic acids is 1. The quantitative estimate of drug-likeness (QED) is 0.243. The zero-order chi connectivity index (χ0) is 26.6. The molecule has 11 heteroatoms. The summed E-state index contributed by atoms with van der Waals surface area (Å²) < 4.78 is 29.7. The number of piperidine rings is 1. The first-order valence-electron chi connectivity index (χ1n) is 11.9. The number of benzene rings is 3. The van der Waals surface area contributed by atoms with Gasteiger partial charge >= 0.3 is 5.97 Å². The normalized spacial score (nSPS) is 15.8. The smallest absolute Gasteiger partial charge is 0.306 e. The van der Waals surface area contributed by atoms with Crippen LogP contribution in [-0.2, 0) is 19.6 Å². The number of amides is 1. The maximum Gasteiger partial charge on any atom is 0.306 e. The molecular formula is C26H29N5O5S. The zero-order valence-electron chi connectivity index (χ0n) is 20.3. The van der Waals surface area contributed by atoms with Gasteiger partial charge in [-0.15, -0.1) is 4.40 Å². The molecule has 0 bridgehead atoms. The molecule has 4 N–H and O–H groups in total. The maximum atomic E-state index is 13.3. The topological polar surface area (TPSA) is 145 Å². The first kappa shape index (κ1) is 26.0. The predicted octanol–water partition coefficient (Wildman–Crippen LogP) is 2.57. The van der Waals surface area contributed by atoms with E-state index in [1.807, 2.05) is 30.3 Å². The van der Waals surface area contributed by atoms with Crippen LogP contribution >= 0.6 is 0 Å². The monoisotopic (exact) mass is 523 g/mol. The van der Waals surface area contributed by atoms with Crippen LogP contribution in [0.1, 0.15) is 19.8 Å². The fourth-order valence-electron chi connectivity index (χ4n) is 4.35. The fourth-order valence-corrected chi connectivity index (χ4v) is 5.27. The van der Waals surface area contributed by atoms with Gasteiger partial charge in [0.2, 0.25) is 11.9 Å². The molecule has 1 amide bonds. The largest absolute Gasteiger partial charge is 0.481 e. The van der Waals surface area contributed by atoms with E-state index in [9.17, 15) is 23.1 Å². The lowest BCUT2D eigenvalue weighted by molar-refractivity contribution is -0.146. The van der Waals surface area contributed by atoms with E-state index in [-0.39, 0.29) is 10.8 Å². The molecule has 0 saturated carbocycles. The molecule has 3 aromatic rings. The van der Waals surface area contributed by atoms with Gasteiger partial charge in [-0.25, -0.2) is 0 Å². The maximum absolute atomic E-state index is 13.3. The first-order chi connectivity index (χ1) is 17.7. The third-order valence-electron chi connectivity index (χ3n) is 6.41. The number of nitrogens with zero attached hydrogens (tertiary/aromatic N) is 3. The van der Waals surface area contributed by atoms with Gasteiger partial charge in [0, 0.05) is 13.1 Å². The summed E-state index contributed by atoms with van der Waals surface area (Å²) in [5.74, 6) is -1.97. The van der Waals surface area contributed by atoms with Gasteiger partial charge in [0.25, 0.3) is 10.0 Å². The number of hydrazine groups is 1. The summed E-state index contributed by atoms with van der Waals surface area (Å²) in [4.78, 5) is 26.2. The van der Waals surface area contributed by atoms with Crippen molar-refractivity contribution in [2.24, 2.45) is 16.0 Å². The van der Waals surface area contributed by atoms with E-state index in [0.717, 1.165) is 10.8 Å². The summed E-state index contributed by atoms with van der Waals surface area (Å²) in [5.41, 5.74) is 9.40. The van der Waals surface area contributed by atoms with E-state index >= 15 is 0 Å². The molecule has 1 atom stereocenters. The molecule has 1 heterocycles. The van der Waals surface area contributed by atoms with Gasteiger partial charge in [-0.2, -0.15) is 8.42 Å². The number of sulfonamides is 1. The number of hydrogen-bond acceptors (Lipinski definition) is 5. The molecule has 0 aromatic heterocycles. The summed E-state index contributed by atoms with van der Waals surface area (Å²) in [7, 11) is -4.14. The van der Waals surface area contributed by atoms with Crippen LogP contribution in [0.2, 0.25) is 0 Å². The number of carboxylic acid groups (broad SMARTS) is 1. The average Bonchev–Trinajstić information content (AvgIpc) is 2.91. The number of likely N-dealkylation sites (tertiary alicyclic amines) is 1. The predicted molar refractivity (Wildman–Crippen MR) is 141 cm³/mol. The van der Waals surface area contributed by atoms with Crippen molar-refractivity contribution in [1.82, 2.24) is 10.3 Å². The Morgan fingerprint density at radius 1 is 1.03 bits per heavy atom. The third-order valence-corrected chi connectivity index (χ3v) is 7.69. The summed E-state index contributed by atoms with van der Waals surface area (Å²) in [6.45, 7) is 2.31. The summed E-state index contributed by atoms with van der Waals surface area (Å²) >= 11 is 0. The minimum Gasteiger partial charge on any atom is -0.481 e. The molecule has 1 aliphatic rings. The van der Waals surface area contributed by atoms with Gasteiger partial charge in [-0.1, -0.05) is 48.5 Å². The van der Waals surface area contributed by atoms with Crippen LogP contribution in [0.3, 0.4) is 0 Å². The van der Waals surface area contributed by atoms with Crippen LogP contribution in [0.25, 0.3) is 10.8 Å². The molecule has 1 unspecified atom stereocenters. The SMILES string of the molecule is CC(C(=O)N1CCC(C(=O)O)CC1)N(NC(N)=NS(=O)(=O)c1ccc2ccccc2c1)c1ccccc1. The number of hydrogen-bond donors (Lipinski definition) is 3. The molecule has 0 spiro atoms. The van der Waals surface area contributed by atoms with Crippen molar-refractivity contribution in [3.05, 3.63) is 72.8 Å². The second-order valence-electron chi connectivity index (χ2n) is 8.89. The van der Waals surface area contributed by atoms with Crippen molar-refractivity contribution >= 4 is 44.3 Å². The Labute approximate surface area is 215 Å². The first-order valence-corrected chi connectivity index (χ1v) is 13.3. The van der Waals surface area contributed by atoms with Crippen LogP contribution in [-0.4, -0.2) is 55.4 Å². The standard InChI is InChI=1S/C26H29N5O5S/c1-18(24(32)30-15-13-20(14-16-30)25(33)34)31(22-9-3-2-4-10-22)28-26(27)29-37(35,36)23-12-11-19-7-5-6-8-21(19)17-23/h2-12,17-18,20H,13-16H2,1H3,(H,33,34)(H3,27,28,29). The number of nitrogens with one attached hydrogen (secondary N) is 1. The van der Waals surface area contributed by atoms with Gasteiger partial charge in [-0.05, 0) is 54.8 Å². The number of fused-ring (bicyclic) bond motifs is 1. The lowest BCUT2D eigenvalue weighted by Crippen LogP contribution is -2.57. The summed E-state index contributed by atoms with van der Waals surface area (Å²) in [5, 5.41) is 12.3. The Kier molecular flexibility index (Phi) is 7.63. The Balaban J connectivity index is 1.56. The second kappa shape index (κ2) is 10.9. The number of carbonyl (C=O) groups excluding carboxylic acids is 1. The van der Waals surface area contributed by atoms with Gasteiger partial charge in [0.1, 0.15) is 6.04 Å². The second-order valence-corrected chi connectivity index (χ2v) is 10.5. The zero-order valence-corrected chi connectivity index (χ0v) is 21.1. The van der Waals surface area contributed by atoms with Crippen molar-refractivity contribution in [3.8, 4) is 0 Å². The minimum absolute atomic E-state index is 0.00682. The van der Waals surface area contributed by atoms with Crippen LogP contribution in [0.5, 0.6) is 0 Å². The van der Waals surface area contributed by atoms with Gasteiger partial charge in [-0.3, -0.25) is 20.0 Å². The van der Waals surface area contributed by atoms with Crippen LogP contribution in [0.15, 0.2) is 82.1 Å². The molecule has 0 aliphatic carbocycles. The molecule has 37 heavy (non-hydrogen) atoms. The molecule has 1 fully saturated rings. The van der Waals surface area contributed by atoms with E-state index < -0.39 is 33.9 Å². The number of anilines is 1. The highest BCUT2D eigenvalue weighted by molar-refractivity contribution is 7.90. The summed E-state index contributed by atoms with van der Waals surface area (Å²) in [6, 6.07) is 20.1. The Bertz CT molecular complexity index is 1420. The molecular weight excluding hydrogens is 494 g/mol. The highest BCUT2D eigenvalue weighted by Crippen LogP contribution is 2.22. The van der Waals surface area contributed by atoms with Gasteiger partial charge in [0.15, 0.2) is 0 Å². The van der Waals surface area contributed by atoms with E-state index in [1.165, 1.54) is 17.1 Å². The molecule has 4 rings (SSSR count). The van der Waals surface area contributed by atoms with Crippen molar-refractivity contribution in [3.63, 3.8) is 0 Å². The van der Waals surface area contributed by atoms with Crippen molar-refractivity contribution < 1.29 is 23.1 Å². The Morgan fingerprint density at radius 3 is 2.30 bits per heavy atom. The highest BCUT2D eigenvalue weighted by Gasteiger charge is 2.32. The number of para-hydroxylation sites is 1. The lowest BCUT2D eigenvalue weighted by atomic mass is 9.96. The lowest BCUT2D eigenvalue weighted by Gasteiger charge is -2.36. The highest BCUT2D eigenvalue weighted by atomic mass is 32.2. The molecule has 3 aromatic carbocycles. The van der Waals surface area contributed by atoms with Crippen LogP contribution in [0.4, 0.5) is 5.69 Å². The van der Waals surface area contributed by atoms with E-state index in [1.54, 1.807) is 42.2 Å².